The Balaban J connectivity index is 2.80. The molecule has 0 fully saturated rings. The number of hydrogen-bond acceptors (Lipinski definition) is 3. The van der Waals surface area contributed by atoms with E-state index < -0.39 is 5.91 Å². The number of carbonyl (C=O) groups is 2. The summed E-state index contributed by atoms with van der Waals surface area (Å²) >= 11 is 3.20. The number of hydrogen-bond donors (Lipinski definition) is 1. The van der Waals surface area contributed by atoms with Gasteiger partial charge >= 0.3 is 0 Å². The minimum atomic E-state index is -0.510. The van der Waals surface area contributed by atoms with Crippen molar-refractivity contribution in [2.75, 3.05) is 13.1 Å². The van der Waals surface area contributed by atoms with Gasteiger partial charge in [0.1, 0.15) is 4.60 Å². The summed E-state index contributed by atoms with van der Waals surface area (Å²) in [6, 6.07) is 3.36. The third kappa shape index (κ3) is 4.44. The number of unbranched alkanes of at least 4 members (excludes halogenated alkanes) is 1. The lowest BCUT2D eigenvalue weighted by molar-refractivity contribution is -0.118. The molecular formula is C12H16BrN3O2. The molecule has 1 aromatic heterocycles. The van der Waals surface area contributed by atoms with Gasteiger partial charge in [0.25, 0.3) is 5.91 Å². The predicted molar refractivity (Wildman–Crippen MR) is 71.9 cm³/mol. The number of nitrogens with zero attached hydrogens (tertiary/aromatic N) is 2. The van der Waals surface area contributed by atoms with Crippen LogP contribution in [0.15, 0.2) is 22.9 Å². The Bertz CT molecular complexity index is 420. The first kappa shape index (κ1) is 14.6. The minimum absolute atomic E-state index is 0.0606. The van der Waals surface area contributed by atoms with E-state index in [4.69, 9.17) is 5.73 Å². The van der Waals surface area contributed by atoms with Crippen LogP contribution in [0, 0.1) is 0 Å². The van der Waals surface area contributed by atoms with E-state index in [1.165, 1.54) is 11.1 Å². The van der Waals surface area contributed by atoms with Crippen molar-refractivity contribution in [3.8, 4) is 0 Å². The quantitative estimate of drug-likeness (QED) is 0.810. The Kier molecular flexibility index (Phi) is 5.77. The number of amides is 2. The molecule has 1 heterocycles. The SMILES string of the molecule is CCCCN(CC(N)=O)C(=O)c1ccc(Br)nc1. The minimum Gasteiger partial charge on any atom is -0.368 e. The first-order valence-corrected chi connectivity index (χ1v) is 6.53. The highest BCUT2D eigenvalue weighted by Gasteiger charge is 2.17. The standard InChI is InChI=1S/C12H16BrN3O2/c1-2-3-6-16(8-11(14)17)12(18)9-4-5-10(13)15-7-9/h4-5,7H,2-3,6,8H2,1H3,(H2,14,17). The van der Waals surface area contributed by atoms with Crippen LogP contribution in [-0.2, 0) is 4.79 Å². The fourth-order valence-corrected chi connectivity index (χ4v) is 1.71. The predicted octanol–water partition coefficient (Wildman–Crippen LogP) is 1.57. The molecule has 1 aromatic rings. The highest BCUT2D eigenvalue weighted by Crippen LogP contribution is 2.09. The van der Waals surface area contributed by atoms with E-state index in [0.717, 1.165) is 12.8 Å². The van der Waals surface area contributed by atoms with Gasteiger partial charge in [-0.15, -0.1) is 0 Å². The number of rotatable bonds is 6. The smallest absolute Gasteiger partial charge is 0.255 e. The van der Waals surface area contributed by atoms with Crippen LogP contribution >= 0.6 is 15.9 Å². The van der Waals surface area contributed by atoms with Crippen molar-refractivity contribution in [2.24, 2.45) is 5.73 Å². The fourth-order valence-electron chi connectivity index (χ4n) is 1.47. The van der Waals surface area contributed by atoms with E-state index in [2.05, 4.69) is 20.9 Å². The zero-order valence-electron chi connectivity index (χ0n) is 10.2. The van der Waals surface area contributed by atoms with Crippen molar-refractivity contribution in [1.82, 2.24) is 9.88 Å². The Morgan fingerprint density at radius 2 is 2.17 bits per heavy atom. The molecule has 0 bridgehead atoms. The zero-order chi connectivity index (χ0) is 13.5. The maximum atomic E-state index is 12.2. The van der Waals surface area contributed by atoms with Gasteiger partial charge in [-0.05, 0) is 34.5 Å². The van der Waals surface area contributed by atoms with Crippen molar-refractivity contribution >= 4 is 27.7 Å². The van der Waals surface area contributed by atoms with E-state index in [1.54, 1.807) is 12.1 Å². The zero-order valence-corrected chi connectivity index (χ0v) is 11.8. The number of nitrogens with two attached hydrogens (primary N) is 1. The van der Waals surface area contributed by atoms with Gasteiger partial charge in [-0.25, -0.2) is 4.98 Å². The van der Waals surface area contributed by atoms with Crippen LogP contribution < -0.4 is 5.73 Å². The maximum Gasteiger partial charge on any atom is 0.255 e. The fraction of sp³-hybridized carbons (Fsp3) is 0.417. The average molecular weight is 314 g/mol. The van der Waals surface area contributed by atoms with Gasteiger partial charge < -0.3 is 10.6 Å². The summed E-state index contributed by atoms with van der Waals surface area (Å²) < 4.78 is 0.661. The lowest BCUT2D eigenvalue weighted by Gasteiger charge is -2.20. The van der Waals surface area contributed by atoms with Crippen LogP contribution in [0.25, 0.3) is 0 Å². The van der Waals surface area contributed by atoms with E-state index in [9.17, 15) is 9.59 Å². The monoisotopic (exact) mass is 313 g/mol. The second kappa shape index (κ2) is 7.10. The molecule has 2 N–H and O–H groups in total. The molecule has 0 aliphatic rings. The topological polar surface area (TPSA) is 76.3 Å². The van der Waals surface area contributed by atoms with Crippen molar-refractivity contribution in [3.05, 3.63) is 28.5 Å². The van der Waals surface area contributed by atoms with Gasteiger partial charge in [0.15, 0.2) is 0 Å². The van der Waals surface area contributed by atoms with Crippen LogP contribution in [0.2, 0.25) is 0 Å². The number of halogens is 1. The number of pyridine rings is 1. The molecule has 0 radical (unpaired) electrons. The van der Waals surface area contributed by atoms with Gasteiger partial charge in [0.05, 0.1) is 12.1 Å². The largest absolute Gasteiger partial charge is 0.368 e. The van der Waals surface area contributed by atoms with Crippen LogP contribution in [0.3, 0.4) is 0 Å². The molecule has 6 heteroatoms. The lowest BCUT2D eigenvalue weighted by Crippen LogP contribution is -2.39. The Morgan fingerprint density at radius 3 is 2.67 bits per heavy atom. The molecule has 0 saturated carbocycles. The van der Waals surface area contributed by atoms with Gasteiger partial charge in [-0.1, -0.05) is 13.3 Å². The van der Waals surface area contributed by atoms with Crippen molar-refractivity contribution in [3.63, 3.8) is 0 Å². The molecule has 2 amide bonds. The Hall–Kier alpha value is -1.43. The Labute approximate surface area is 114 Å². The molecule has 0 atom stereocenters. The molecule has 5 nitrogen and oxygen atoms in total. The molecule has 0 aromatic carbocycles. The summed E-state index contributed by atoms with van der Waals surface area (Å²) in [6.07, 6.45) is 3.26. The second-order valence-electron chi connectivity index (χ2n) is 3.92. The number of carbonyl (C=O) groups excluding carboxylic acids is 2. The van der Waals surface area contributed by atoms with E-state index in [1.807, 2.05) is 6.92 Å². The third-order valence-electron chi connectivity index (χ3n) is 2.39. The first-order valence-electron chi connectivity index (χ1n) is 5.73. The van der Waals surface area contributed by atoms with Gasteiger partial charge in [0.2, 0.25) is 5.91 Å². The highest BCUT2D eigenvalue weighted by atomic mass is 79.9. The molecule has 0 spiro atoms. The lowest BCUT2D eigenvalue weighted by atomic mass is 10.2. The second-order valence-corrected chi connectivity index (χ2v) is 4.73. The summed E-state index contributed by atoms with van der Waals surface area (Å²) in [6.45, 7) is 2.48. The highest BCUT2D eigenvalue weighted by molar-refractivity contribution is 9.10. The summed E-state index contributed by atoms with van der Waals surface area (Å²) in [5.41, 5.74) is 5.60. The van der Waals surface area contributed by atoms with E-state index >= 15 is 0 Å². The summed E-state index contributed by atoms with van der Waals surface area (Å²) in [5, 5.41) is 0. The van der Waals surface area contributed by atoms with Crippen molar-refractivity contribution in [1.29, 1.82) is 0 Å². The molecule has 0 unspecified atom stereocenters. The van der Waals surface area contributed by atoms with E-state index in [0.29, 0.717) is 16.7 Å². The first-order chi connectivity index (χ1) is 8.54. The normalized spacial score (nSPS) is 10.1. The van der Waals surface area contributed by atoms with Gasteiger partial charge in [0, 0.05) is 12.7 Å². The van der Waals surface area contributed by atoms with Crippen LogP contribution in [0.5, 0.6) is 0 Å². The number of primary amides is 1. The molecule has 1 rings (SSSR count). The van der Waals surface area contributed by atoms with E-state index in [-0.39, 0.29) is 12.5 Å². The average Bonchev–Trinajstić information content (AvgIpc) is 2.34. The van der Waals surface area contributed by atoms with Crippen LogP contribution in [-0.4, -0.2) is 34.8 Å². The molecule has 0 saturated heterocycles. The van der Waals surface area contributed by atoms with Crippen LogP contribution in [0.1, 0.15) is 30.1 Å². The molecule has 18 heavy (non-hydrogen) atoms. The Morgan fingerprint density at radius 1 is 1.44 bits per heavy atom. The van der Waals surface area contributed by atoms with Gasteiger partial charge in [-0.2, -0.15) is 0 Å². The summed E-state index contributed by atoms with van der Waals surface area (Å²) in [7, 11) is 0. The molecule has 98 valence electrons. The molecule has 0 aliphatic carbocycles. The third-order valence-corrected chi connectivity index (χ3v) is 2.86. The number of aromatic nitrogens is 1. The van der Waals surface area contributed by atoms with Crippen molar-refractivity contribution in [2.45, 2.75) is 19.8 Å². The molecular weight excluding hydrogens is 298 g/mol. The maximum absolute atomic E-state index is 12.2. The van der Waals surface area contributed by atoms with Crippen LogP contribution in [0.4, 0.5) is 0 Å². The van der Waals surface area contributed by atoms with Gasteiger partial charge in [-0.3, -0.25) is 9.59 Å². The summed E-state index contributed by atoms with van der Waals surface area (Å²) in [5.74, 6) is -0.730. The summed E-state index contributed by atoms with van der Waals surface area (Å²) in [4.78, 5) is 28.6. The molecule has 0 aliphatic heterocycles. The van der Waals surface area contributed by atoms with Crippen molar-refractivity contribution < 1.29 is 9.59 Å².